The van der Waals surface area contributed by atoms with Crippen LogP contribution in [0.4, 0.5) is 0 Å². The molecule has 0 heterocycles. The maximum atomic E-state index is 11.9. The molecular weight excluding hydrogens is 352 g/mol. The van der Waals surface area contributed by atoms with E-state index in [0.717, 1.165) is 18.2 Å². The van der Waals surface area contributed by atoms with Crippen molar-refractivity contribution in [2.75, 3.05) is 0 Å². The van der Waals surface area contributed by atoms with Crippen LogP contribution in [-0.2, 0) is 14.3 Å². The van der Waals surface area contributed by atoms with Crippen molar-refractivity contribution in [3.8, 4) is 11.5 Å². The van der Waals surface area contributed by atoms with Crippen molar-refractivity contribution in [3.63, 3.8) is 0 Å². The topological polar surface area (TPSA) is 185 Å². The number of hydrogen-bond donors (Lipinski definition) is 7. The first-order valence-corrected chi connectivity index (χ1v) is 7.44. The summed E-state index contributed by atoms with van der Waals surface area (Å²) in [5.41, 5.74) is -2.31. The van der Waals surface area contributed by atoms with E-state index >= 15 is 0 Å². The summed E-state index contributed by atoms with van der Waals surface area (Å²) >= 11 is 0. The minimum Gasteiger partial charge on any atom is -0.504 e. The lowest BCUT2D eigenvalue weighted by atomic mass is 9.77. The molecule has 7 N–H and O–H groups in total. The highest BCUT2D eigenvalue weighted by molar-refractivity contribution is 5.87. The Hall–Kier alpha value is -2.66. The molecule has 1 aromatic carbocycles. The number of hydrogen-bond acceptors (Lipinski definition) is 9. The molecule has 0 saturated heterocycles. The van der Waals surface area contributed by atoms with Crippen LogP contribution in [0.25, 0.3) is 6.08 Å². The Morgan fingerprint density at radius 1 is 1.15 bits per heavy atom. The van der Waals surface area contributed by atoms with Crippen LogP contribution in [0.15, 0.2) is 24.3 Å². The molecule has 10 nitrogen and oxygen atoms in total. The van der Waals surface area contributed by atoms with E-state index in [1.807, 2.05) is 0 Å². The predicted octanol–water partition coefficient (Wildman–Crippen LogP) is -1.33. The van der Waals surface area contributed by atoms with Crippen molar-refractivity contribution >= 4 is 18.0 Å². The van der Waals surface area contributed by atoms with Gasteiger partial charge in [-0.15, -0.1) is 0 Å². The van der Waals surface area contributed by atoms with E-state index in [1.165, 1.54) is 12.1 Å². The Bertz CT molecular complexity index is 745. The summed E-state index contributed by atoms with van der Waals surface area (Å²) in [4.78, 5) is 23.0. The maximum absolute atomic E-state index is 11.9. The molecule has 0 aromatic heterocycles. The number of aliphatic hydroxyl groups is 4. The van der Waals surface area contributed by atoms with Crippen LogP contribution in [0.5, 0.6) is 11.5 Å². The molecule has 1 aliphatic rings. The quantitative estimate of drug-likeness (QED) is 0.145. The molecule has 1 aliphatic carbocycles. The zero-order valence-corrected chi connectivity index (χ0v) is 13.3. The average Bonchev–Trinajstić information content (AvgIpc) is 2.53. The monoisotopic (exact) mass is 370 g/mol. The molecule has 0 amide bonds. The Morgan fingerprint density at radius 3 is 2.38 bits per heavy atom. The lowest BCUT2D eigenvalue weighted by Gasteiger charge is -2.44. The third-order valence-electron chi connectivity index (χ3n) is 4.01. The number of benzene rings is 1. The van der Waals surface area contributed by atoms with Gasteiger partial charge in [-0.1, -0.05) is 6.07 Å². The molecule has 2 rings (SSSR count). The number of carbonyl (C=O) groups excluding carboxylic acids is 1. The van der Waals surface area contributed by atoms with Crippen LogP contribution < -0.4 is 0 Å². The predicted molar refractivity (Wildman–Crippen MR) is 83.7 cm³/mol. The fourth-order valence-electron chi connectivity index (χ4n) is 2.63. The summed E-state index contributed by atoms with van der Waals surface area (Å²) < 4.78 is 4.67. The van der Waals surface area contributed by atoms with Gasteiger partial charge >= 0.3 is 11.9 Å². The molecule has 0 bridgehead atoms. The van der Waals surface area contributed by atoms with Gasteiger partial charge in [-0.25, -0.2) is 9.59 Å². The molecule has 26 heavy (non-hydrogen) atoms. The number of phenolic OH excluding ortho intramolecular Hbond substituents is 2. The second kappa shape index (κ2) is 6.92. The largest absolute Gasteiger partial charge is 0.504 e. The van der Waals surface area contributed by atoms with E-state index in [-0.39, 0.29) is 11.3 Å². The summed E-state index contributed by atoms with van der Waals surface area (Å²) in [5, 5.41) is 67.3. The van der Waals surface area contributed by atoms with Crippen LogP contribution in [0.3, 0.4) is 0 Å². The summed E-state index contributed by atoms with van der Waals surface area (Å²) in [7, 11) is 0. The van der Waals surface area contributed by atoms with Crippen molar-refractivity contribution in [1.82, 2.24) is 0 Å². The number of phenols is 2. The number of rotatable bonds is 4. The van der Waals surface area contributed by atoms with Crippen LogP contribution in [0.1, 0.15) is 18.4 Å². The molecule has 0 spiro atoms. The second-order valence-corrected chi connectivity index (χ2v) is 6.08. The van der Waals surface area contributed by atoms with Crippen molar-refractivity contribution in [2.45, 2.75) is 36.4 Å². The van der Waals surface area contributed by atoms with Gasteiger partial charge < -0.3 is 40.5 Å². The Morgan fingerprint density at radius 2 is 1.81 bits per heavy atom. The Labute approximate surface area is 146 Å². The molecular formula is C16H18O10. The molecule has 3 unspecified atom stereocenters. The van der Waals surface area contributed by atoms with Crippen molar-refractivity contribution in [2.24, 2.45) is 0 Å². The number of carboxylic acid groups (broad SMARTS) is 1. The first-order chi connectivity index (χ1) is 12.0. The molecule has 4 atom stereocenters. The number of aliphatic hydroxyl groups excluding tert-OH is 2. The smallest absolute Gasteiger partial charge is 0.336 e. The van der Waals surface area contributed by atoms with Gasteiger partial charge in [0.2, 0.25) is 5.79 Å². The van der Waals surface area contributed by atoms with Gasteiger partial charge in [-0.3, -0.25) is 0 Å². The van der Waals surface area contributed by atoms with Crippen molar-refractivity contribution in [1.29, 1.82) is 0 Å². The minimum atomic E-state index is -2.83. The lowest BCUT2D eigenvalue weighted by Crippen LogP contribution is -2.64. The average molecular weight is 370 g/mol. The van der Waals surface area contributed by atoms with Gasteiger partial charge in [0.25, 0.3) is 0 Å². The maximum Gasteiger partial charge on any atom is 0.336 e. The summed E-state index contributed by atoms with van der Waals surface area (Å²) in [6.07, 6.45) is -3.73. The molecule has 0 aliphatic heterocycles. The zero-order chi connectivity index (χ0) is 19.7. The van der Waals surface area contributed by atoms with Crippen LogP contribution in [-0.4, -0.2) is 71.3 Å². The molecule has 0 radical (unpaired) electrons. The molecule has 1 saturated carbocycles. The fraction of sp³-hybridized carbons (Fsp3) is 0.375. The van der Waals surface area contributed by atoms with E-state index in [0.29, 0.717) is 0 Å². The zero-order valence-electron chi connectivity index (χ0n) is 13.3. The molecule has 142 valence electrons. The number of carboxylic acids is 1. The van der Waals surface area contributed by atoms with Gasteiger partial charge in [0.1, 0.15) is 6.10 Å². The third kappa shape index (κ3) is 3.94. The van der Waals surface area contributed by atoms with E-state index < -0.39 is 54.1 Å². The number of ether oxygens (including phenoxy) is 1. The Balaban J connectivity index is 2.15. The van der Waals surface area contributed by atoms with Gasteiger partial charge in [0.05, 0.1) is 12.5 Å². The summed E-state index contributed by atoms with van der Waals surface area (Å²) in [6.45, 7) is 0. The van der Waals surface area contributed by atoms with E-state index in [9.17, 15) is 40.2 Å². The van der Waals surface area contributed by atoms with Gasteiger partial charge in [-0.05, 0) is 23.8 Å². The first kappa shape index (κ1) is 19.7. The second-order valence-electron chi connectivity index (χ2n) is 6.08. The first-order valence-electron chi connectivity index (χ1n) is 7.44. The van der Waals surface area contributed by atoms with E-state index in [1.54, 1.807) is 0 Å². The fourth-order valence-corrected chi connectivity index (χ4v) is 2.63. The molecule has 10 heteroatoms. The molecule has 1 aromatic rings. The standard InChI is InChI=1S/C16H18O10/c17-9-3-1-8(5-10(9)18)2-4-12(20)26-16(25)7-15(24,14(22)23)6-11(19)13(16)21/h1-5,11,13,17-19,21,24-25H,6-7H2,(H,22,23)/b4-2-/t11?,13?,15?,16-/m1/s1. The van der Waals surface area contributed by atoms with E-state index in [4.69, 9.17) is 5.11 Å². The number of carbonyl (C=O) groups is 2. The van der Waals surface area contributed by atoms with Crippen LogP contribution in [0, 0.1) is 0 Å². The summed E-state index contributed by atoms with van der Waals surface area (Å²) in [5.74, 6) is -6.60. The highest BCUT2D eigenvalue weighted by Crippen LogP contribution is 2.37. The van der Waals surface area contributed by atoms with Crippen LogP contribution in [0.2, 0.25) is 0 Å². The van der Waals surface area contributed by atoms with Crippen molar-refractivity contribution < 1.29 is 50.1 Å². The summed E-state index contributed by atoms with van der Waals surface area (Å²) in [6, 6.07) is 3.66. The highest BCUT2D eigenvalue weighted by Gasteiger charge is 2.58. The van der Waals surface area contributed by atoms with Gasteiger partial charge in [-0.2, -0.15) is 0 Å². The van der Waals surface area contributed by atoms with E-state index in [2.05, 4.69) is 4.74 Å². The highest BCUT2D eigenvalue weighted by atomic mass is 16.7. The van der Waals surface area contributed by atoms with Crippen molar-refractivity contribution in [3.05, 3.63) is 29.8 Å². The molecule has 1 fully saturated rings. The SMILES string of the molecule is O=C(/C=C\c1ccc(O)c(O)c1)O[C@]1(O)CC(O)(C(=O)O)CC(O)C1O. The Kier molecular flexibility index (Phi) is 5.23. The van der Waals surface area contributed by atoms with Crippen LogP contribution >= 0.6 is 0 Å². The minimum absolute atomic E-state index is 0.288. The van der Waals surface area contributed by atoms with Gasteiger partial charge in [0.15, 0.2) is 17.1 Å². The van der Waals surface area contributed by atoms with Gasteiger partial charge in [0, 0.05) is 12.5 Å². The normalized spacial score (nSPS) is 31.7. The number of aliphatic carboxylic acids is 1. The number of aromatic hydroxyl groups is 2. The third-order valence-corrected chi connectivity index (χ3v) is 4.01. The number of esters is 1. The lowest BCUT2D eigenvalue weighted by molar-refractivity contribution is -0.300.